The maximum atomic E-state index is 11.7. The Morgan fingerprint density at radius 2 is 1.78 bits per heavy atom. The van der Waals surface area contributed by atoms with Crippen LogP contribution in [0.2, 0.25) is 0 Å². The number of esters is 1. The maximum absolute atomic E-state index is 11.7. The summed E-state index contributed by atoms with van der Waals surface area (Å²) in [4.78, 5) is 18.0. The van der Waals surface area contributed by atoms with Gasteiger partial charge in [-0.15, -0.1) is 11.3 Å². The van der Waals surface area contributed by atoms with Gasteiger partial charge in [-0.2, -0.15) is 0 Å². The van der Waals surface area contributed by atoms with Gasteiger partial charge in [0.2, 0.25) is 0 Å². The first kappa shape index (κ1) is 17.9. The van der Waals surface area contributed by atoms with Gasteiger partial charge in [0.1, 0.15) is 0 Å². The molecular formula is C23H23NO2S. The molecule has 0 N–H and O–H groups in total. The Bertz CT molecular complexity index is 995. The molecule has 2 aromatic carbocycles. The molecule has 0 saturated heterocycles. The molecule has 0 unspecified atom stereocenters. The van der Waals surface area contributed by atoms with Gasteiger partial charge in [-0.3, -0.25) is 4.99 Å². The summed E-state index contributed by atoms with van der Waals surface area (Å²) >= 11 is 1.84. The largest absolute Gasteiger partial charge is 0.465 e. The smallest absolute Gasteiger partial charge is 0.337 e. The Morgan fingerprint density at radius 1 is 1.07 bits per heavy atom. The van der Waals surface area contributed by atoms with E-state index in [0.717, 1.165) is 5.69 Å². The van der Waals surface area contributed by atoms with Crippen LogP contribution < -0.4 is 0 Å². The fourth-order valence-corrected chi connectivity index (χ4v) is 5.15. The van der Waals surface area contributed by atoms with Crippen LogP contribution in [-0.4, -0.2) is 18.8 Å². The molecule has 0 aliphatic heterocycles. The number of rotatable bonds is 4. The molecule has 3 aromatic rings. The number of aliphatic imine (C=N–C) groups is 1. The minimum Gasteiger partial charge on any atom is -0.465 e. The van der Waals surface area contributed by atoms with E-state index in [-0.39, 0.29) is 5.97 Å². The molecule has 1 saturated carbocycles. The number of ether oxygens (including phenoxy) is 1. The van der Waals surface area contributed by atoms with E-state index >= 15 is 0 Å². The van der Waals surface area contributed by atoms with Gasteiger partial charge >= 0.3 is 5.97 Å². The van der Waals surface area contributed by atoms with Crippen LogP contribution in [0.3, 0.4) is 0 Å². The molecule has 0 atom stereocenters. The highest BCUT2D eigenvalue weighted by Crippen LogP contribution is 2.37. The third-order valence-electron chi connectivity index (χ3n) is 5.36. The van der Waals surface area contributed by atoms with Crippen molar-refractivity contribution < 1.29 is 9.53 Å². The van der Waals surface area contributed by atoms with Gasteiger partial charge in [0.25, 0.3) is 0 Å². The molecule has 4 rings (SSSR count). The SMILES string of the molecule is COC(=O)c1ccc(N=C(c2sc3ccccc3c2C)C2CCCC2)cc1. The topological polar surface area (TPSA) is 38.7 Å². The van der Waals surface area contributed by atoms with Crippen molar-refractivity contribution in [2.75, 3.05) is 7.11 Å². The number of thiophene rings is 1. The zero-order valence-electron chi connectivity index (χ0n) is 15.7. The molecule has 0 radical (unpaired) electrons. The highest BCUT2D eigenvalue weighted by molar-refractivity contribution is 7.21. The minimum atomic E-state index is -0.318. The monoisotopic (exact) mass is 377 g/mol. The predicted molar refractivity (Wildman–Crippen MR) is 112 cm³/mol. The van der Waals surface area contributed by atoms with Crippen molar-refractivity contribution in [2.45, 2.75) is 32.6 Å². The summed E-state index contributed by atoms with van der Waals surface area (Å²) < 4.78 is 6.10. The number of aryl methyl sites for hydroxylation is 1. The van der Waals surface area contributed by atoms with Gasteiger partial charge < -0.3 is 4.74 Å². The van der Waals surface area contributed by atoms with E-state index in [1.807, 2.05) is 23.5 Å². The first-order chi connectivity index (χ1) is 13.2. The molecule has 27 heavy (non-hydrogen) atoms. The second-order valence-corrected chi connectivity index (χ2v) is 8.12. The van der Waals surface area contributed by atoms with Crippen LogP contribution in [0.4, 0.5) is 5.69 Å². The second kappa shape index (κ2) is 7.65. The van der Waals surface area contributed by atoms with E-state index in [4.69, 9.17) is 9.73 Å². The second-order valence-electron chi connectivity index (χ2n) is 7.07. The van der Waals surface area contributed by atoms with Gasteiger partial charge in [0.05, 0.1) is 28.9 Å². The van der Waals surface area contributed by atoms with Crippen LogP contribution in [0.25, 0.3) is 10.1 Å². The molecule has 0 amide bonds. The van der Waals surface area contributed by atoms with Crippen molar-refractivity contribution in [1.29, 1.82) is 0 Å². The molecule has 3 nitrogen and oxygen atoms in total. The van der Waals surface area contributed by atoms with Crippen LogP contribution in [0.15, 0.2) is 53.5 Å². The summed E-state index contributed by atoms with van der Waals surface area (Å²) in [7, 11) is 1.40. The van der Waals surface area contributed by atoms with E-state index in [1.165, 1.54) is 59.0 Å². The third-order valence-corrected chi connectivity index (χ3v) is 6.65. The van der Waals surface area contributed by atoms with Crippen LogP contribution in [0, 0.1) is 12.8 Å². The van der Waals surface area contributed by atoms with Gasteiger partial charge in [0, 0.05) is 10.6 Å². The molecule has 0 spiro atoms. The quantitative estimate of drug-likeness (QED) is 0.395. The van der Waals surface area contributed by atoms with Crippen molar-refractivity contribution in [3.05, 3.63) is 64.5 Å². The Kier molecular flexibility index (Phi) is 5.08. The molecular weight excluding hydrogens is 354 g/mol. The van der Waals surface area contributed by atoms with E-state index in [1.54, 1.807) is 12.1 Å². The number of fused-ring (bicyclic) bond motifs is 1. The molecule has 1 aliphatic rings. The molecule has 1 aromatic heterocycles. The average Bonchev–Trinajstić information content (AvgIpc) is 3.35. The van der Waals surface area contributed by atoms with E-state index in [9.17, 15) is 4.79 Å². The number of methoxy groups -OCH3 is 1. The highest BCUT2D eigenvalue weighted by atomic mass is 32.1. The minimum absolute atomic E-state index is 0.318. The lowest BCUT2D eigenvalue weighted by Gasteiger charge is -2.13. The number of hydrogen-bond donors (Lipinski definition) is 0. The summed E-state index contributed by atoms with van der Waals surface area (Å²) in [6.07, 6.45) is 4.95. The lowest BCUT2D eigenvalue weighted by molar-refractivity contribution is 0.0601. The lowest BCUT2D eigenvalue weighted by atomic mass is 9.97. The van der Waals surface area contributed by atoms with Crippen molar-refractivity contribution in [3.8, 4) is 0 Å². The standard InChI is InChI=1S/C23H23NO2S/c1-15-19-9-5-6-10-20(19)27-22(15)21(16-7-3-4-8-16)24-18-13-11-17(12-14-18)23(25)26-2/h5-6,9-14,16H,3-4,7-8H2,1-2H3. The van der Waals surface area contributed by atoms with Crippen molar-refractivity contribution in [3.63, 3.8) is 0 Å². The molecule has 4 heteroatoms. The summed E-state index contributed by atoms with van der Waals surface area (Å²) in [6.45, 7) is 2.21. The van der Waals surface area contributed by atoms with Gasteiger partial charge in [-0.25, -0.2) is 4.79 Å². The highest BCUT2D eigenvalue weighted by Gasteiger charge is 2.25. The number of nitrogens with zero attached hydrogens (tertiary/aromatic N) is 1. The first-order valence-corrected chi connectivity index (χ1v) is 10.2. The van der Waals surface area contributed by atoms with E-state index < -0.39 is 0 Å². The molecule has 1 fully saturated rings. The molecule has 138 valence electrons. The fourth-order valence-electron chi connectivity index (χ4n) is 3.87. The van der Waals surface area contributed by atoms with Crippen LogP contribution >= 0.6 is 11.3 Å². The summed E-state index contributed by atoms with van der Waals surface area (Å²) in [5.41, 5.74) is 3.97. The molecule has 1 heterocycles. The predicted octanol–water partition coefficient (Wildman–Crippen LogP) is 6.31. The number of hydrogen-bond acceptors (Lipinski definition) is 4. The maximum Gasteiger partial charge on any atom is 0.337 e. The summed E-state index contributed by atoms with van der Waals surface area (Å²) in [6, 6.07) is 16.0. The zero-order valence-corrected chi connectivity index (χ0v) is 16.5. The Morgan fingerprint density at radius 3 is 2.44 bits per heavy atom. The van der Waals surface area contributed by atoms with Crippen LogP contribution in [0.5, 0.6) is 0 Å². The van der Waals surface area contributed by atoms with E-state index in [2.05, 4.69) is 31.2 Å². The van der Waals surface area contributed by atoms with Crippen LogP contribution in [-0.2, 0) is 4.74 Å². The number of benzene rings is 2. The number of carbonyl (C=O) groups is 1. The Hall–Kier alpha value is -2.46. The Labute approximate surface area is 163 Å². The van der Waals surface area contributed by atoms with Gasteiger partial charge in [0.15, 0.2) is 0 Å². The van der Waals surface area contributed by atoms with Gasteiger partial charge in [-0.1, -0.05) is 31.0 Å². The summed E-state index contributed by atoms with van der Waals surface area (Å²) in [5, 5.41) is 1.32. The average molecular weight is 378 g/mol. The number of carbonyl (C=O) groups excluding carboxylic acids is 1. The van der Waals surface area contributed by atoms with Crippen molar-refractivity contribution >= 4 is 38.8 Å². The fraction of sp³-hybridized carbons (Fsp3) is 0.304. The van der Waals surface area contributed by atoms with E-state index in [0.29, 0.717) is 11.5 Å². The normalized spacial score (nSPS) is 15.4. The molecule has 0 bridgehead atoms. The van der Waals surface area contributed by atoms with Crippen molar-refractivity contribution in [2.24, 2.45) is 10.9 Å². The first-order valence-electron chi connectivity index (χ1n) is 9.43. The lowest BCUT2D eigenvalue weighted by Crippen LogP contribution is -2.12. The Balaban J connectivity index is 1.78. The third kappa shape index (κ3) is 3.54. The van der Waals surface area contributed by atoms with Gasteiger partial charge in [-0.05, 0) is 61.0 Å². The molecule has 1 aliphatic carbocycles. The summed E-state index contributed by atoms with van der Waals surface area (Å²) in [5.74, 6) is 0.193. The van der Waals surface area contributed by atoms with Crippen LogP contribution in [0.1, 0.15) is 46.5 Å². The zero-order chi connectivity index (χ0) is 18.8. The van der Waals surface area contributed by atoms with Crippen molar-refractivity contribution in [1.82, 2.24) is 0 Å².